The third-order valence-electron chi connectivity index (χ3n) is 2.58. The molecule has 0 aliphatic rings. The number of halogens is 1. The van der Waals surface area contributed by atoms with E-state index >= 15 is 0 Å². The predicted octanol–water partition coefficient (Wildman–Crippen LogP) is 2.12. The quantitative estimate of drug-likeness (QED) is 0.872. The molecule has 1 aromatic carbocycles. The number of benzene rings is 1. The average Bonchev–Trinajstić information content (AvgIpc) is 2.91. The summed E-state index contributed by atoms with van der Waals surface area (Å²) in [5.74, 6) is -0.686. The molecule has 1 atom stereocenters. The first-order chi connectivity index (χ1) is 9.13. The van der Waals surface area contributed by atoms with Crippen LogP contribution in [-0.2, 0) is 9.53 Å². The number of carbonyl (C=O) groups excluding carboxylic acids is 1. The fourth-order valence-corrected chi connectivity index (χ4v) is 1.95. The van der Waals surface area contributed by atoms with Crippen LogP contribution in [0.3, 0.4) is 0 Å². The van der Waals surface area contributed by atoms with Gasteiger partial charge in [-0.15, -0.1) is 0 Å². The first-order valence-corrected chi connectivity index (χ1v) is 6.13. The van der Waals surface area contributed by atoms with Gasteiger partial charge in [-0.3, -0.25) is 0 Å². The molecule has 0 aliphatic carbocycles. The number of hydrogen-bond acceptors (Lipinski definition) is 4. The normalized spacial score (nSPS) is 12.2. The van der Waals surface area contributed by atoms with Gasteiger partial charge in [0.2, 0.25) is 0 Å². The van der Waals surface area contributed by atoms with Gasteiger partial charge in [0, 0.05) is 12.4 Å². The van der Waals surface area contributed by atoms with Crippen LogP contribution in [0.2, 0.25) is 5.02 Å². The smallest absolute Gasteiger partial charge is 0.339 e. The Balaban J connectivity index is 2.26. The fraction of sp³-hybridized carbons (Fsp3) is 0.231. The second-order valence-electron chi connectivity index (χ2n) is 3.84. The lowest BCUT2D eigenvalue weighted by molar-refractivity contribution is -0.153. The molecule has 2 aromatic rings. The molecule has 6 heteroatoms. The van der Waals surface area contributed by atoms with E-state index in [-0.39, 0.29) is 6.61 Å². The number of ether oxygens (including phenoxy) is 1. The topological polar surface area (TPSA) is 64.3 Å². The molecule has 0 saturated carbocycles. The lowest BCUT2D eigenvalue weighted by atomic mass is 10.1. The van der Waals surface area contributed by atoms with Crippen molar-refractivity contribution in [1.82, 2.24) is 9.55 Å². The second kappa shape index (κ2) is 5.86. The number of imidazole rings is 1. The molecule has 1 heterocycles. The molecule has 2 rings (SSSR count). The summed E-state index contributed by atoms with van der Waals surface area (Å²) in [5.41, 5.74) is 1.12. The summed E-state index contributed by atoms with van der Waals surface area (Å²) in [6.07, 6.45) is 3.68. The highest BCUT2D eigenvalue weighted by Crippen LogP contribution is 2.25. The molecule has 0 amide bonds. The van der Waals surface area contributed by atoms with Crippen LogP contribution in [0.4, 0.5) is 0 Å². The highest BCUT2D eigenvalue weighted by atomic mass is 35.5. The van der Waals surface area contributed by atoms with E-state index < -0.39 is 12.1 Å². The van der Waals surface area contributed by atoms with Crippen LogP contribution >= 0.6 is 11.6 Å². The van der Waals surface area contributed by atoms with Gasteiger partial charge in [-0.05, 0) is 24.6 Å². The Morgan fingerprint density at radius 3 is 2.95 bits per heavy atom. The van der Waals surface area contributed by atoms with Crippen LogP contribution in [-0.4, -0.2) is 27.2 Å². The van der Waals surface area contributed by atoms with Crippen molar-refractivity contribution in [2.24, 2.45) is 0 Å². The first-order valence-electron chi connectivity index (χ1n) is 5.76. The van der Waals surface area contributed by atoms with Crippen molar-refractivity contribution in [2.75, 3.05) is 6.61 Å². The molecule has 0 bridgehead atoms. The molecule has 0 saturated heterocycles. The molecular weight excluding hydrogens is 268 g/mol. The maximum atomic E-state index is 11.4. The number of aliphatic hydroxyl groups is 1. The van der Waals surface area contributed by atoms with Crippen molar-refractivity contribution >= 4 is 17.6 Å². The van der Waals surface area contributed by atoms with Crippen LogP contribution in [0.1, 0.15) is 18.6 Å². The van der Waals surface area contributed by atoms with E-state index in [2.05, 4.69) is 4.98 Å². The van der Waals surface area contributed by atoms with E-state index in [9.17, 15) is 9.90 Å². The van der Waals surface area contributed by atoms with Crippen molar-refractivity contribution in [3.05, 3.63) is 47.5 Å². The maximum Gasteiger partial charge on any atom is 0.339 e. The number of aromatic nitrogens is 2. The Labute approximate surface area is 115 Å². The zero-order valence-corrected chi connectivity index (χ0v) is 11.0. The van der Waals surface area contributed by atoms with E-state index in [4.69, 9.17) is 16.3 Å². The molecule has 0 spiro atoms. The van der Waals surface area contributed by atoms with Crippen LogP contribution in [0.25, 0.3) is 5.69 Å². The highest BCUT2D eigenvalue weighted by Gasteiger charge is 2.19. The summed E-state index contributed by atoms with van der Waals surface area (Å²) in [7, 11) is 0. The Hall–Kier alpha value is -1.85. The number of hydrogen-bond donors (Lipinski definition) is 1. The SMILES string of the molecule is CCOC(=O)C(O)c1ccc(-n2ccnc2)c(Cl)c1. The van der Waals surface area contributed by atoms with Crippen LogP contribution in [0.5, 0.6) is 0 Å². The van der Waals surface area contributed by atoms with Crippen LogP contribution < -0.4 is 0 Å². The number of rotatable bonds is 4. The summed E-state index contributed by atoms with van der Waals surface area (Å²) >= 11 is 6.13. The minimum atomic E-state index is -1.32. The van der Waals surface area contributed by atoms with Gasteiger partial charge < -0.3 is 14.4 Å². The molecule has 5 nitrogen and oxygen atoms in total. The summed E-state index contributed by atoms with van der Waals surface area (Å²) < 4.78 is 6.49. The molecule has 1 aromatic heterocycles. The molecule has 1 N–H and O–H groups in total. The molecule has 19 heavy (non-hydrogen) atoms. The van der Waals surface area contributed by atoms with E-state index in [0.29, 0.717) is 10.6 Å². The maximum absolute atomic E-state index is 11.4. The summed E-state index contributed by atoms with van der Waals surface area (Å²) in [5, 5.41) is 10.2. The largest absolute Gasteiger partial charge is 0.464 e. The van der Waals surface area contributed by atoms with Gasteiger partial charge in [-0.25, -0.2) is 9.78 Å². The van der Waals surface area contributed by atoms with Gasteiger partial charge in [0.1, 0.15) is 0 Å². The van der Waals surface area contributed by atoms with Crippen molar-refractivity contribution < 1.29 is 14.6 Å². The Morgan fingerprint density at radius 2 is 2.37 bits per heavy atom. The molecule has 1 unspecified atom stereocenters. The number of aliphatic hydroxyl groups excluding tert-OH is 1. The fourth-order valence-electron chi connectivity index (χ4n) is 1.66. The molecule has 0 radical (unpaired) electrons. The van der Waals surface area contributed by atoms with Gasteiger partial charge in [-0.1, -0.05) is 17.7 Å². The van der Waals surface area contributed by atoms with E-state index in [1.165, 1.54) is 0 Å². The minimum Gasteiger partial charge on any atom is -0.464 e. The van der Waals surface area contributed by atoms with E-state index in [1.807, 2.05) is 0 Å². The minimum absolute atomic E-state index is 0.219. The second-order valence-corrected chi connectivity index (χ2v) is 4.24. The third-order valence-corrected chi connectivity index (χ3v) is 2.88. The van der Waals surface area contributed by atoms with E-state index in [0.717, 1.165) is 5.69 Å². The molecule has 100 valence electrons. The van der Waals surface area contributed by atoms with E-state index in [1.54, 1.807) is 48.4 Å². The molecular formula is C13H13ClN2O3. The zero-order chi connectivity index (χ0) is 13.8. The summed E-state index contributed by atoms with van der Waals surface area (Å²) in [6.45, 7) is 1.90. The summed E-state index contributed by atoms with van der Waals surface area (Å²) in [6, 6.07) is 4.88. The number of carbonyl (C=O) groups is 1. The van der Waals surface area contributed by atoms with Crippen molar-refractivity contribution in [3.63, 3.8) is 0 Å². The van der Waals surface area contributed by atoms with Gasteiger partial charge in [0.25, 0.3) is 0 Å². The highest BCUT2D eigenvalue weighted by molar-refractivity contribution is 6.32. The molecule has 0 fully saturated rings. The monoisotopic (exact) mass is 280 g/mol. The average molecular weight is 281 g/mol. The Morgan fingerprint density at radius 1 is 1.58 bits per heavy atom. The Kier molecular flexibility index (Phi) is 4.19. The number of esters is 1. The zero-order valence-electron chi connectivity index (χ0n) is 10.3. The molecule has 0 aliphatic heterocycles. The van der Waals surface area contributed by atoms with Gasteiger partial charge >= 0.3 is 5.97 Å². The van der Waals surface area contributed by atoms with Crippen molar-refractivity contribution in [3.8, 4) is 5.69 Å². The predicted molar refractivity (Wildman–Crippen MR) is 70.2 cm³/mol. The summed E-state index contributed by atoms with van der Waals surface area (Å²) in [4.78, 5) is 15.4. The van der Waals surface area contributed by atoms with Crippen molar-refractivity contribution in [2.45, 2.75) is 13.0 Å². The lowest BCUT2D eigenvalue weighted by Gasteiger charge is -2.12. The van der Waals surface area contributed by atoms with Crippen LogP contribution in [0.15, 0.2) is 36.9 Å². The van der Waals surface area contributed by atoms with Gasteiger partial charge in [0.15, 0.2) is 6.10 Å². The third kappa shape index (κ3) is 2.94. The van der Waals surface area contributed by atoms with Crippen molar-refractivity contribution in [1.29, 1.82) is 0 Å². The Bertz CT molecular complexity index is 569. The number of nitrogens with zero attached hydrogens (tertiary/aromatic N) is 2. The van der Waals surface area contributed by atoms with Crippen LogP contribution in [0, 0.1) is 0 Å². The lowest BCUT2D eigenvalue weighted by Crippen LogP contribution is -2.15. The first kappa shape index (κ1) is 13.6. The van der Waals surface area contributed by atoms with Gasteiger partial charge in [-0.2, -0.15) is 0 Å². The standard InChI is InChI=1S/C13H13ClN2O3/c1-2-19-13(18)12(17)9-3-4-11(10(14)7-9)16-6-5-15-8-16/h3-8,12,17H,2H2,1H3. The van der Waals surface area contributed by atoms with Gasteiger partial charge in [0.05, 0.1) is 23.6 Å².